The van der Waals surface area contributed by atoms with Gasteiger partial charge in [-0.05, 0) is 37.6 Å². The van der Waals surface area contributed by atoms with E-state index >= 15 is 0 Å². The zero-order chi connectivity index (χ0) is 23.4. The van der Waals surface area contributed by atoms with Crippen molar-refractivity contribution in [2.75, 3.05) is 13.7 Å². The number of aromatic nitrogens is 5. The minimum Gasteiger partial charge on any atom is -0.497 e. The van der Waals surface area contributed by atoms with Gasteiger partial charge in [-0.15, -0.1) is 15.3 Å². The van der Waals surface area contributed by atoms with Crippen LogP contribution in [0.5, 0.6) is 5.75 Å². The summed E-state index contributed by atoms with van der Waals surface area (Å²) in [4.78, 5) is 15.0. The SMILES string of the molecule is CCCN(Cc1nnc(-c2ccccc2Cl)o1)C(=O)c1nnn(-c2cccc(OC)c2)c1C. The van der Waals surface area contributed by atoms with Crippen LogP contribution in [0.2, 0.25) is 5.02 Å². The van der Waals surface area contributed by atoms with Gasteiger partial charge in [-0.25, -0.2) is 4.68 Å². The zero-order valence-electron chi connectivity index (χ0n) is 18.5. The van der Waals surface area contributed by atoms with E-state index in [0.29, 0.717) is 40.4 Å². The summed E-state index contributed by atoms with van der Waals surface area (Å²) in [6.07, 6.45) is 0.750. The molecule has 2 aromatic carbocycles. The fourth-order valence-corrected chi connectivity index (χ4v) is 3.63. The summed E-state index contributed by atoms with van der Waals surface area (Å²) < 4.78 is 12.7. The van der Waals surface area contributed by atoms with Crippen molar-refractivity contribution in [2.24, 2.45) is 0 Å². The molecule has 0 N–H and O–H groups in total. The molecule has 0 unspecified atom stereocenters. The number of amides is 1. The lowest BCUT2D eigenvalue weighted by molar-refractivity contribution is 0.0721. The van der Waals surface area contributed by atoms with Gasteiger partial charge in [0.1, 0.15) is 5.75 Å². The fourth-order valence-electron chi connectivity index (χ4n) is 3.41. The molecule has 0 aliphatic carbocycles. The average molecular weight is 467 g/mol. The molecule has 4 aromatic rings. The Labute approximate surface area is 195 Å². The summed E-state index contributed by atoms with van der Waals surface area (Å²) in [6.45, 7) is 4.44. The molecule has 2 aromatic heterocycles. The van der Waals surface area contributed by atoms with Crippen molar-refractivity contribution >= 4 is 17.5 Å². The summed E-state index contributed by atoms with van der Waals surface area (Å²) in [6, 6.07) is 14.6. The Hall–Kier alpha value is -3.72. The molecule has 0 saturated heterocycles. The van der Waals surface area contributed by atoms with Gasteiger partial charge in [0.15, 0.2) is 5.69 Å². The molecule has 2 heterocycles. The Morgan fingerprint density at radius 3 is 2.73 bits per heavy atom. The number of carbonyl (C=O) groups is 1. The van der Waals surface area contributed by atoms with Gasteiger partial charge in [-0.3, -0.25) is 4.79 Å². The first-order chi connectivity index (χ1) is 16.0. The van der Waals surface area contributed by atoms with E-state index in [4.69, 9.17) is 20.8 Å². The first-order valence-corrected chi connectivity index (χ1v) is 10.8. The summed E-state index contributed by atoms with van der Waals surface area (Å²) in [5.41, 5.74) is 2.28. The van der Waals surface area contributed by atoms with Gasteiger partial charge in [0, 0.05) is 12.6 Å². The molecule has 0 aliphatic rings. The number of hydrogen-bond acceptors (Lipinski definition) is 7. The molecule has 9 nitrogen and oxygen atoms in total. The van der Waals surface area contributed by atoms with Crippen molar-refractivity contribution in [1.29, 1.82) is 0 Å². The number of hydrogen-bond donors (Lipinski definition) is 0. The number of rotatable bonds is 8. The van der Waals surface area contributed by atoms with Gasteiger partial charge >= 0.3 is 0 Å². The molecule has 10 heteroatoms. The van der Waals surface area contributed by atoms with E-state index in [1.54, 1.807) is 35.7 Å². The highest BCUT2D eigenvalue weighted by atomic mass is 35.5. The summed E-state index contributed by atoms with van der Waals surface area (Å²) in [5, 5.41) is 17.0. The lowest BCUT2D eigenvalue weighted by Gasteiger charge is -2.19. The second-order valence-electron chi connectivity index (χ2n) is 7.34. The van der Waals surface area contributed by atoms with E-state index in [1.807, 2.05) is 43.3 Å². The zero-order valence-corrected chi connectivity index (χ0v) is 19.3. The standard InChI is InChI=1S/C23H23ClN6O3/c1-4-12-29(14-20-25-27-22(33-20)18-10-5-6-11-19(18)24)23(31)21-15(2)30(28-26-21)16-8-7-9-17(13-16)32-3/h5-11,13H,4,12,14H2,1-3H3. The molecule has 33 heavy (non-hydrogen) atoms. The molecular weight excluding hydrogens is 444 g/mol. The first-order valence-electron chi connectivity index (χ1n) is 10.4. The molecule has 0 bridgehead atoms. The highest BCUT2D eigenvalue weighted by molar-refractivity contribution is 6.33. The monoisotopic (exact) mass is 466 g/mol. The number of ether oxygens (including phenoxy) is 1. The van der Waals surface area contributed by atoms with Crippen LogP contribution in [0.4, 0.5) is 0 Å². The highest BCUT2D eigenvalue weighted by Gasteiger charge is 2.25. The third-order valence-electron chi connectivity index (χ3n) is 5.07. The predicted molar refractivity (Wildman–Crippen MR) is 122 cm³/mol. The molecular formula is C23H23ClN6O3. The van der Waals surface area contributed by atoms with E-state index in [2.05, 4.69) is 20.5 Å². The van der Waals surface area contributed by atoms with Crippen molar-refractivity contribution in [1.82, 2.24) is 30.1 Å². The maximum Gasteiger partial charge on any atom is 0.276 e. The van der Waals surface area contributed by atoms with Gasteiger partial charge in [0.25, 0.3) is 5.91 Å². The Kier molecular flexibility index (Phi) is 6.69. The van der Waals surface area contributed by atoms with Crippen LogP contribution in [0.3, 0.4) is 0 Å². The number of carbonyl (C=O) groups excluding carboxylic acids is 1. The van der Waals surface area contributed by atoms with E-state index in [0.717, 1.165) is 12.1 Å². The molecule has 170 valence electrons. The van der Waals surface area contributed by atoms with Crippen LogP contribution in [0, 0.1) is 6.92 Å². The fraction of sp³-hybridized carbons (Fsp3) is 0.261. The van der Waals surface area contributed by atoms with Gasteiger partial charge < -0.3 is 14.1 Å². The van der Waals surface area contributed by atoms with Crippen molar-refractivity contribution in [3.05, 3.63) is 70.8 Å². The van der Waals surface area contributed by atoms with E-state index < -0.39 is 0 Å². The Morgan fingerprint density at radius 2 is 1.97 bits per heavy atom. The Morgan fingerprint density at radius 1 is 1.15 bits per heavy atom. The largest absolute Gasteiger partial charge is 0.497 e. The van der Waals surface area contributed by atoms with Crippen molar-refractivity contribution in [2.45, 2.75) is 26.8 Å². The van der Waals surface area contributed by atoms with Crippen molar-refractivity contribution < 1.29 is 13.9 Å². The lowest BCUT2D eigenvalue weighted by atomic mass is 10.2. The maximum atomic E-state index is 13.3. The Bertz CT molecular complexity index is 1270. The topological polar surface area (TPSA) is 99.2 Å². The van der Waals surface area contributed by atoms with Crippen LogP contribution >= 0.6 is 11.6 Å². The third kappa shape index (κ3) is 4.73. The normalized spacial score (nSPS) is 10.9. The quantitative estimate of drug-likeness (QED) is 0.380. The van der Waals surface area contributed by atoms with E-state index in [1.165, 1.54) is 0 Å². The van der Waals surface area contributed by atoms with Crippen LogP contribution in [0.1, 0.15) is 35.4 Å². The van der Waals surface area contributed by atoms with E-state index in [-0.39, 0.29) is 18.1 Å². The Balaban J connectivity index is 1.57. The number of nitrogens with zero attached hydrogens (tertiary/aromatic N) is 6. The molecule has 0 saturated carbocycles. The third-order valence-corrected chi connectivity index (χ3v) is 5.40. The van der Waals surface area contributed by atoms with Crippen LogP contribution in [0.25, 0.3) is 17.1 Å². The minimum absolute atomic E-state index is 0.148. The van der Waals surface area contributed by atoms with Gasteiger partial charge in [-0.1, -0.05) is 41.9 Å². The average Bonchev–Trinajstić information content (AvgIpc) is 3.45. The summed E-state index contributed by atoms with van der Waals surface area (Å²) >= 11 is 6.23. The van der Waals surface area contributed by atoms with Crippen molar-refractivity contribution in [3.8, 4) is 22.9 Å². The molecule has 0 spiro atoms. The van der Waals surface area contributed by atoms with Gasteiger partial charge in [-0.2, -0.15) is 0 Å². The summed E-state index contributed by atoms with van der Waals surface area (Å²) in [7, 11) is 1.60. The summed E-state index contributed by atoms with van der Waals surface area (Å²) in [5.74, 6) is 1.04. The second-order valence-corrected chi connectivity index (χ2v) is 7.75. The van der Waals surface area contributed by atoms with Gasteiger partial charge in [0.2, 0.25) is 11.8 Å². The second kappa shape index (κ2) is 9.83. The van der Waals surface area contributed by atoms with Gasteiger partial charge in [0.05, 0.1) is 35.6 Å². The molecule has 0 radical (unpaired) electrons. The highest BCUT2D eigenvalue weighted by Crippen LogP contribution is 2.26. The molecule has 4 rings (SSSR count). The minimum atomic E-state index is -0.263. The number of benzene rings is 2. The molecule has 0 fully saturated rings. The first kappa shape index (κ1) is 22.5. The number of methoxy groups -OCH3 is 1. The van der Waals surface area contributed by atoms with E-state index in [9.17, 15) is 4.79 Å². The van der Waals surface area contributed by atoms with Crippen LogP contribution in [-0.2, 0) is 6.54 Å². The van der Waals surface area contributed by atoms with Crippen LogP contribution in [-0.4, -0.2) is 49.7 Å². The smallest absolute Gasteiger partial charge is 0.276 e. The molecule has 0 atom stereocenters. The predicted octanol–water partition coefficient (Wildman–Crippen LogP) is 4.34. The van der Waals surface area contributed by atoms with Crippen molar-refractivity contribution in [3.63, 3.8) is 0 Å². The van der Waals surface area contributed by atoms with Crippen LogP contribution in [0.15, 0.2) is 52.9 Å². The molecule has 1 amide bonds. The number of halogens is 1. The lowest BCUT2D eigenvalue weighted by Crippen LogP contribution is -2.32. The maximum absolute atomic E-state index is 13.3. The molecule has 0 aliphatic heterocycles. The van der Waals surface area contributed by atoms with Crippen LogP contribution < -0.4 is 4.74 Å².